The lowest BCUT2D eigenvalue weighted by Gasteiger charge is -2.09. The standard InChI is InChI=1S/C19H13F2NO5/c20-11-6-7-14(21)13(8-11)15(23)9-27-19(25)17-16(24)10-26-18(17)22-12-4-2-1-3-5-12/h1-8,22H,9-10H2. The van der Waals surface area contributed by atoms with Crippen molar-refractivity contribution in [3.05, 3.63) is 77.2 Å². The zero-order valence-corrected chi connectivity index (χ0v) is 13.8. The van der Waals surface area contributed by atoms with E-state index < -0.39 is 41.3 Å². The van der Waals surface area contributed by atoms with Crippen molar-refractivity contribution in [3.63, 3.8) is 0 Å². The SMILES string of the molecule is O=C1COC(Nc2ccccc2)=C1C(=O)OCC(=O)c1cc(F)ccc1F. The van der Waals surface area contributed by atoms with Crippen LogP contribution < -0.4 is 5.32 Å². The fourth-order valence-electron chi connectivity index (χ4n) is 2.36. The second-order valence-electron chi connectivity index (χ2n) is 5.53. The summed E-state index contributed by atoms with van der Waals surface area (Å²) in [4.78, 5) is 36.1. The van der Waals surface area contributed by atoms with E-state index in [2.05, 4.69) is 5.32 Å². The van der Waals surface area contributed by atoms with E-state index in [1.165, 1.54) is 0 Å². The molecule has 138 valence electrons. The van der Waals surface area contributed by atoms with Crippen molar-refractivity contribution in [3.8, 4) is 0 Å². The predicted molar refractivity (Wildman–Crippen MR) is 89.7 cm³/mol. The minimum atomic E-state index is -1.10. The van der Waals surface area contributed by atoms with Gasteiger partial charge in [-0.1, -0.05) is 18.2 Å². The number of hydrogen-bond donors (Lipinski definition) is 1. The van der Waals surface area contributed by atoms with Crippen LogP contribution >= 0.6 is 0 Å². The van der Waals surface area contributed by atoms with Crippen LogP contribution in [0.1, 0.15) is 10.4 Å². The van der Waals surface area contributed by atoms with Gasteiger partial charge < -0.3 is 14.8 Å². The molecule has 0 unspecified atom stereocenters. The summed E-state index contributed by atoms with van der Waals surface area (Å²) >= 11 is 0. The molecular formula is C19H13F2NO5. The molecule has 1 heterocycles. The number of ketones is 2. The minimum Gasteiger partial charge on any atom is -0.470 e. The van der Waals surface area contributed by atoms with Crippen LogP contribution in [-0.2, 0) is 19.1 Å². The third-order valence-electron chi connectivity index (χ3n) is 3.65. The number of hydrogen-bond acceptors (Lipinski definition) is 6. The summed E-state index contributed by atoms with van der Waals surface area (Å²) < 4.78 is 36.7. The highest BCUT2D eigenvalue weighted by Gasteiger charge is 2.33. The van der Waals surface area contributed by atoms with E-state index in [4.69, 9.17) is 9.47 Å². The van der Waals surface area contributed by atoms with Crippen LogP contribution in [0.5, 0.6) is 0 Å². The monoisotopic (exact) mass is 373 g/mol. The molecule has 8 heteroatoms. The molecule has 2 aromatic rings. The summed E-state index contributed by atoms with van der Waals surface area (Å²) in [6.07, 6.45) is 0. The molecule has 0 radical (unpaired) electrons. The molecule has 1 N–H and O–H groups in total. The third-order valence-corrected chi connectivity index (χ3v) is 3.65. The van der Waals surface area contributed by atoms with Gasteiger partial charge >= 0.3 is 5.97 Å². The van der Waals surface area contributed by atoms with Crippen molar-refractivity contribution in [2.45, 2.75) is 0 Å². The van der Waals surface area contributed by atoms with Gasteiger partial charge in [0.25, 0.3) is 0 Å². The van der Waals surface area contributed by atoms with Gasteiger partial charge in [-0.25, -0.2) is 13.6 Å². The van der Waals surface area contributed by atoms with Crippen LogP contribution in [-0.4, -0.2) is 30.7 Å². The Balaban J connectivity index is 1.71. The summed E-state index contributed by atoms with van der Waals surface area (Å²) in [5.74, 6) is -4.50. The van der Waals surface area contributed by atoms with E-state index in [1.807, 2.05) is 0 Å². The van der Waals surface area contributed by atoms with Crippen molar-refractivity contribution in [2.24, 2.45) is 0 Å². The quantitative estimate of drug-likeness (QED) is 0.476. The highest BCUT2D eigenvalue weighted by molar-refractivity contribution is 6.20. The molecule has 0 spiro atoms. The van der Waals surface area contributed by atoms with E-state index in [0.717, 1.165) is 12.1 Å². The maximum Gasteiger partial charge on any atom is 0.347 e. The molecule has 0 aromatic heterocycles. The Morgan fingerprint density at radius 2 is 1.85 bits per heavy atom. The van der Waals surface area contributed by atoms with Gasteiger partial charge in [-0.3, -0.25) is 9.59 Å². The lowest BCUT2D eigenvalue weighted by molar-refractivity contribution is -0.139. The third kappa shape index (κ3) is 4.17. The zero-order chi connectivity index (χ0) is 19.4. The number of carbonyl (C=O) groups excluding carboxylic acids is 3. The number of esters is 1. The number of halogens is 2. The van der Waals surface area contributed by atoms with Crippen molar-refractivity contribution in [2.75, 3.05) is 18.5 Å². The summed E-state index contributed by atoms with van der Waals surface area (Å²) in [6, 6.07) is 11.0. The Labute approximate surface area is 152 Å². The topological polar surface area (TPSA) is 81.7 Å². The second-order valence-corrected chi connectivity index (χ2v) is 5.53. The molecule has 0 amide bonds. The van der Waals surface area contributed by atoms with Gasteiger partial charge in [0, 0.05) is 5.69 Å². The number of para-hydroxylation sites is 1. The average molecular weight is 373 g/mol. The number of Topliss-reactive ketones (excluding diaryl/α,β-unsaturated/α-hetero) is 2. The summed E-state index contributed by atoms with van der Waals surface area (Å²) in [7, 11) is 0. The molecule has 6 nitrogen and oxygen atoms in total. The van der Waals surface area contributed by atoms with Crippen LogP contribution in [0.4, 0.5) is 14.5 Å². The Kier molecular flexibility index (Phi) is 5.25. The Morgan fingerprint density at radius 1 is 1.11 bits per heavy atom. The van der Waals surface area contributed by atoms with Gasteiger partial charge in [-0.05, 0) is 30.3 Å². The molecular weight excluding hydrogens is 360 g/mol. The molecule has 0 saturated carbocycles. The molecule has 0 fully saturated rings. The molecule has 1 aliphatic rings. The number of carbonyl (C=O) groups is 3. The first kappa shape index (κ1) is 18.2. The lowest BCUT2D eigenvalue weighted by Crippen LogP contribution is -2.20. The molecule has 0 atom stereocenters. The first-order valence-electron chi connectivity index (χ1n) is 7.83. The summed E-state index contributed by atoms with van der Waals surface area (Å²) in [5, 5.41) is 2.78. The second kappa shape index (κ2) is 7.77. The summed E-state index contributed by atoms with van der Waals surface area (Å²) in [6.45, 7) is -1.21. The highest BCUT2D eigenvalue weighted by atomic mass is 19.1. The molecule has 0 aliphatic carbocycles. The van der Waals surface area contributed by atoms with Crippen molar-refractivity contribution >= 4 is 23.2 Å². The maximum atomic E-state index is 13.6. The number of ether oxygens (including phenoxy) is 2. The van der Waals surface area contributed by atoms with Crippen molar-refractivity contribution in [1.82, 2.24) is 0 Å². The lowest BCUT2D eigenvalue weighted by atomic mass is 10.1. The number of nitrogens with one attached hydrogen (secondary N) is 1. The Morgan fingerprint density at radius 3 is 2.59 bits per heavy atom. The van der Waals surface area contributed by atoms with Gasteiger partial charge in [0.2, 0.25) is 17.4 Å². The largest absolute Gasteiger partial charge is 0.470 e. The molecule has 1 aliphatic heterocycles. The fourth-order valence-corrected chi connectivity index (χ4v) is 2.36. The predicted octanol–water partition coefficient (Wildman–Crippen LogP) is 2.61. The van der Waals surface area contributed by atoms with Gasteiger partial charge in [0.15, 0.2) is 18.8 Å². The van der Waals surface area contributed by atoms with Crippen molar-refractivity contribution < 1.29 is 32.6 Å². The maximum absolute atomic E-state index is 13.6. The number of benzene rings is 2. The van der Waals surface area contributed by atoms with Crippen LogP contribution in [0.2, 0.25) is 0 Å². The number of anilines is 1. The van der Waals surface area contributed by atoms with E-state index in [0.29, 0.717) is 11.8 Å². The van der Waals surface area contributed by atoms with Crippen LogP contribution in [0.15, 0.2) is 60.0 Å². The van der Waals surface area contributed by atoms with Crippen LogP contribution in [0, 0.1) is 11.6 Å². The Bertz CT molecular complexity index is 940. The van der Waals surface area contributed by atoms with Crippen LogP contribution in [0.3, 0.4) is 0 Å². The van der Waals surface area contributed by atoms with E-state index in [-0.39, 0.29) is 18.1 Å². The zero-order valence-electron chi connectivity index (χ0n) is 13.8. The first-order chi connectivity index (χ1) is 13.0. The normalized spacial score (nSPS) is 13.3. The highest BCUT2D eigenvalue weighted by Crippen LogP contribution is 2.21. The summed E-state index contributed by atoms with van der Waals surface area (Å²) in [5.41, 5.74) is -0.356. The molecule has 2 aromatic carbocycles. The smallest absolute Gasteiger partial charge is 0.347 e. The number of rotatable bonds is 6. The van der Waals surface area contributed by atoms with Gasteiger partial charge in [0.05, 0.1) is 5.56 Å². The minimum absolute atomic E-state index is 0.0967. The molecule has 27 heavy (non-hydrogen) atoms. The van der Waals surface area contributed by atoms with Crippen molar-refractivity contribution in [1.29, 1.82) is 0 Å². The Hall–Kier alpha value is -3.55. The van der Waals surface area contributed by atoms with E-state index in [1.54, 1.807) is 30.3 Å². The van der Waals surface area contributed by atoms with E-state index in [9.17, 15) is 23.2 Å². The first-order valence-corrected chi connectivity index (χ1v) is 7.83. The molecule has 3 rings (SSSR count). The van der Waals surface area contributed by atoms with Gasteiger partial charge in [-0.15, -0.1) is 0 Å². The van der Waals surface area contributed by atoms with Crippen LogP contribution in [0.25, 0.3) is 0 Å². The van der Waals surface area contributed by atoms with Gasteiger partial charge in [0.1, 0.15) is 11.6 Å². The van der Waals surface area contributed by atoms with Gasteiger partial charge in [-0.2, -0.15) is 0 Å². The average Bonchev–Trinajstić information content (AvgIpc) is 3.02. The van der Waals surface area contributed by atoms with E-state index >= 15 is 0 Å². The fraction of sp³-hybridized carbons (Fsp3) is 0.105. The molecule has 0 saturated heterocycles. The molecule has 0 bridgehead atoms.